The van der Waals surface area contributed by atoms with Gasteiger partial charge in [-0.15, -0.1) is 11.8 Å². The number of hydrogen-bond acceptors (Lipinski definition) is 5. The fourth-order valence-corrected chi connectivity index (χ4v) is 2.78. The van der Waals surface area contributed by atoms with Crippen molar-refractivity contribution in [1.82, 2.24) is 0 Å². The van der Waals surface area contributed by atoms with E-state index in [9.17, 15) is 10.1 Å². The summed E-state index contributed by atoms with van der Waals surface area (Å²) in [5.41, 5.74) is 8.46. The van der Waals surface area contributed by atoms with E-state index in [1.165, 1.54) is 13.2 Å². The van der Waals surface area contributed by atoms with Gasteiger partial charge in [0, 0.05) is 22.4 Å². The summed E-state index contributed by atoms with van der Waals surface area (Å²) < 4.78 is 5.10. The Morgan fingerprint density at radius 1 is 1.29 bits per heavy atom. The number of nitrogen functional groups attached to an aromatic ring is 1. The zero-order chi connectivity index (χ0) is 15.4. The molecule has 0 aliphatic carbocycles. The molecule has 0 aliphatic heterocycles. The fraction of sp³-hybridized carbons (Fsp3) is 0.200. The van der Waals surface area contributed by atoms with E-state index in [-0.39, 0.29) is 5.69 Å². The molecule has 0 unspecified atom stereocenters. The molecule has 0 fully saturated rings. The van der Waals surface area contributed by atoms with Crippen molar-refractivity contribution < 1.29 is 9.66 Å². The molecule has 2 N–H and O–H groups in total. The summed E-state index contributed by atoms with van der Waals surface area (Å²) in [4.78, 5) is 11.6. The van der Waals surface area contributed by atoms with Gasteiger partial charge in [0.15, 0.2) is 0 Å². The maximum Gasteiger partial charge on any atom is 0.273 e. The number of ether oxygens (including phenoxy) is 1. The van der Waals surface area contributed by atoms with Gasteiger partial charge in [-0.05, 0) is 42.3 Å². The number of nitro groups is 1. The number of thioether (sulfide) groups is 1. The molecule has 0 radical (unpaired) electrons. The molecule has 0 bridgehead atoms. The third-order valence-electron chi connectivity index (χ3n) is 3.04. The van der Waals surface area contributed by atoms with E-state index in [1.54, 1.807) is 17.8 Å². The molecule has 0 aliphatic rings. The van der Waals surface area contributed by atoms with E-state index < -0.39 is 4.92 Å². The van der Waals surface area contributed by atoms with Gasteiger partial charge in [0.2, 0.25) is 0 Å². The minimum atomic E-state index is -0.413. The molecular formula is C15H16N2O3S. The molecular weight excluding hydrogens is 288 g/mol. The Bertz CT molecular complexity index is 674. The van der Waals surface area contributed by atoms with Crippen LogP contribution in [0.3, 0.4) is 0 Å². The van der Waals surface area contributed by atoms with Gasteiger partial charge in [0.1, 0.15) is 5.75 Å². The van der Waals surface area contributed by atoms with Gasteiger partial charge < -0.3 is 10.5 Å². The summed E-state index contributed by atoms with van der Waals surface area (Å²) in [5, 5.41) is 10.9. The Labute approximate surface area is 127 Å². The topological polar surface area (TPSA) is 78.4 Å². The van der Waals surface area contributed by atoms with E-state index in [4.69, 9.17) is 10.5 Å². The van der Waals surface area contributed by atoms with Gasteiger partial charge in [0.25, 0.3) is 5.69 Å². The largest absolute Gasteiger partial charge is 0.496 e. The molecule has 5 nitrogen and oxygen atoms in total. The number of nitro benzene ring substituents is 1. The molecule has 0 spiro atoms. The van der Waals surface area contributed by atoms with E-state index in [2.05, 4.69) is 0 Å². The second kappa shape index (κ2) is 6.49. The van der Waals surface area contributed by atoms with Gasteiger partial charge in [-0.3, -0.25) is 10.1 Å². The molecule has 110 valence electrons. The minimum Gasteiger partial charge on any atom is -0.496 e. The Balaban J connectivity index is 2.17. The fourth-order valence-electron chi connectivity index (χ4n) is 1.85. The lowest BCUT2D eigenvalue weighted by atomic mass is 10.2. The number of nitrogens with zero attached hydrogens (tertiary/aromatic N) is 1. The average molecular weight is 304 g/mol. The zero-order valence-corrected chi connectivity index (χ0v) is 12.6. The third kappa shape index (κ3) is 3.88. The van der Waals surface area contributed by atoms with Crippen LogP contribution < -0.4 is 10.5 Å². The number of rotatable bonds is 5. The number of benzene rings is 2. The summed E-state index contributed by atoms with van der Waals surface area (Å²) in [6, 6.07) is 10.6. The molecule has 0 amide bonds. The summed E-state index contributed by atoms with van der Waals surface area (Å²) in [6.07, 6.45) is 0. The molecule has 2 aromatic carbocycles. The quantitative estimate of drug-likeness (QED) is 0.393. The lowest BCUT2D eigenvalue weighted by Crippen LogP contribution is -1.93. The molecule has 0 saturated carbocycles. The van der Waals surface area contributed by atoms with Crippen LogP contribution in [0, 0.1) is 17.0 Å². The first kappa shape index (κ1) is 15.2. The number of nitrogens with two attached hydrogens (primary N) is 1. The molecule has 2 rings (SSSR count). The monoisotopic (exact) mass is 304 g/mol. The van der Waals surface area contributed by atoms with Crippen LogP contribution in [0.4, 0.5) is 11.4 Å². The second-order valence-electron chi connectivity index (χ2n) is 4.60. The van der Waals surface area contributed by atoms with Crippen molar-refractivity contribution in [3.63, 3.8) is 0 Å². The predicted octanol–water partition coefficient (Wildman–Crippen LogP) is 3.79. The van der Waals surface area contributed by atoms with Crippen LogP contribution in [-0.4, -0.2) is 12.0 Å². The van der Waals surface area contributed by atoms with Crippen LogP contribution in [0.2, 0.25) is 0 Å². The Kier molecular flexibility index (Phi) is 4.70. The molecule has 0 saturated heterocycles. The maximum absolute atomic E-state index is 10.9. The number of non-ortho nitro benzene ring substituents is 1. The van der Waals surface area contributed by atoms with Gasteiger partial charge in [-0.2, -0.15) is 0 Å². The molecule has 0 aromatic heterocycles. The Morgan fingerprint density at radius 2 is 2.05 bits per heavy atom. The Morgan fingerprint density at radius 3 is 2.67 bits per heavy atom. The average Bonchev–Trinajstić information content (AvgIpc) is 2.48. The van der Waals surface area contributed by atoms with Crippen LogP contribution in [0.25, 0.3) is 0 Å². The van der Waals surface area contributed by atoms with Crippen molar-refractivity contribution in [3.8, 4) is 5.75 Å². The number of methoxy groups -OCH3 is 1. The maximum atomic E-state index is 10.9. The van der Waals surface area contributed by atoms with Crippen molar-refractivity contribution in [2.75, 3.05) is 12.8 Å². The first-order chi connectivity index (χ1) is 9.99. The highest BCUT2D eigenvalue weighted by molar-refractivity contribution is 7.98. The van der Waals surface area contributed by atoms with Crippen LogP contribution >= 0.6 is 11.8 Å². The number of anilines is 1. The van der Waals surface area contributed by atoms with E-state index in [1.807, 2.05) is 31.2 Å². The Hall–Kier alpha value is -2.21. The van der Waals surface area contributed by atoms with Gasteiger partial charge >= 0.3 is 0 Å². The van der Waals surface area contributed by atoms with Gasteiger partial charge in [-0.1, -0.05) is 0 Å². The van der Waals surface area contributed by atoms with Crippen molar-refractivity contribution in [2.24, 2.45) is 0 Å². The molecule has 21 heavy (non-hydrogen) atoms. The van der Waals surface area contributed by atoms with Crippen LogP contribution in [0.15, 0.2) is 41.3 Å². The van der Waals surface area contributed by atoms with Crippen LogP contribution in [0.1, 0.15) is 11.1 Å². The molecule has 0 heterocycles. The summed E-state index contributed by atoms with van der Waals surface area (Å²) >= 11 is 1.60. The first-order valence-corrected chi connectivity index (χ1v) is 7.29. The summed E-state index contributed by atoms with van der Waals surface area (Å²) in [7, 11) is 1.50. The zero-order valence-electron chi connectivity index (χ0n) is 11.8. The van der Waals surface area contributed by atoms with Crippen molar-refractivity contribution in [1.29, 1.82) is 0 Å². The smallest absolute Gasteiger partial charge is 0.273 e. The molecule has 6 heteroatoms. The lowest BCUT2D eigenvalue weighted by molar-refractivity contribution is -0.385. The number of hydrogen-bond donors (Lipinski definition) is 1. The number of aryl methyl sites for hydroxylation is 1. The molecule has 0 atom stereocenters. The standard InChI is InChI=1S/C15H16N2O3S/c1-10-5-14(3-4-15(10)16)21-9-11-6-12(17(18)19)8-13(7-11)20-2/h3-8H,9,16H2,1-2H3. The minimum absolute atomic E-state index is 0.0402. The third-order valence-corrected chi connectivity index (χ3v) is 4.11. The first-order valence-electron chi connectivity index (χ1n) is 6.31. The van der Waals surface area contributed by atoms with Crippen molar-refractivity contribution in [3.05, 3.63) is 57.6 Å². The van der Waals surface area contributed by atoms with Crippen LogP contribution in [0.5, 0.6) is 5.75 Å². The molecule has 2 aromatic rings. The summed E-state index contributed by atoms with van der Waals surface area (Å²) in [6.45, 7) is 1.95. The predicted molar refractivity (Wildman–Crippen MR) is 84.8 cm³/mol. The normalized spacial score (nSPS) is 10.4. The van der Waals surface area contributed by atoms with E-state index >= 15 is 0 Å². The summed E-state index contributed by atoms with van der Waals surface area (Å²) in [5.74, 6) is 1.12. The van der Waals surface area contributed by atoms with Crippen molar-refractivity contribution >= 4 is 23.1 Å². The highest BCUT2D eigenvalue weighted by Crippen LogP contribution is 2.29. The SMILES string of the molecule is COc1cc(CSc2ccc(N)c(C)c2)cc([N+](=O)[O-])c1. The van der Waals surface area contributed by atoms with Crippen LogP contribution in [-0.2, 0) is 5.75 Å². The van der Waals surface area contributed by atoms with E-state index in [0.717, 1.165) is 21.7 Å². The van der Waals surface area contributed by atoms with Crippen molar-refractivity contribution in [2.45, 2.75) is 17.6 Å². The van der Waals surface area contributed by atoms with Gasteiger partial charge in [-0.25, -0.2) is 0 Å². The highest BCUT2D eigenvalue weighted by atomic mass is 32.2. The lowest BCUT2D eigenvalue weighted by Gasteiger charge is -2.07. The highest BCUT2D eigenvalue weighted by Gasteiger charge is 2.10. The van der Waals surface area contributed by atoms with E-state index in [0.29, 0.717) is 11.5 Å². The second-order valence-corrected chi connectivity index (χ2v) is 5.65. The van der Waals surface area contributed by atoms with Gasteiger partial charge in [0.05, 0.1) is 18.1 Å².